The Morgan fingerprint density at radius 2 is 2.05 bits per heavy atom. The average molecular weight is 356 g/mol. The molecule has 0 atom stereocenters. The van der Waals surface area contributed by atoms with E-state index in [1.165, 1.54) is 6.20 Å². The monoisotopic (exact) mass is 355 g/mol. The summed E-state index contributed by atoms with van der Waals surface area (Å²) in [7, 11) is -3.68. The number of hydrogen-bond donors (Lipinski definition) is 2. The van der Waals surface area contributed by atoms with Gasteiger partial charge in [-0.25, -0.2) is 8.42 Å². The van der Waals surface area contributed by atoms with Crippen molar-refractivity contribution in [1.29, 1.82) is 0 Å². The van der Waals surface area contributed by atoms with Gasteiger partial charge >= 0.3 is 0 Å². The molecule has 0 spiro atoms. The first kappa shape index (κ1) is 15.0. The second-order valence-electron chi connectivity index (χ2n) is 4.26. The van der Waals surface area contributed by atoms with E-state index in [-0.39, 0.29) is 11.4 Å². The maximum Gasteiger partial charge on any atom is 0.263 e. The Kier molecular flexibility index (Phi) is 4.42. The van der Waals surface area contributed by atoms with Crippen molar-refractivity contribution >= 4 is 31.6 Å². The van der Waals surface area contributed by atoms with Gasteiger partial charge in [0.2, 0.25) is 0 Å². The smallest absolute Gasteiger partial charge is 0.263 e. The van der Waals surface area contributed by atoms with E-state index in [1.807, 2.05) is 6.92 Å². The second-order valence-corrected chi connectivity index (χ2v) is 6.77. The molecule has 3 N–H and O–H groups in total. The Bertz CT molecular complexity index is 715. The predicted molar refractivity (Wildman–Crippen MR) is 81.8 cm³/mol. The maximum atomic E-state index is 12.4. The van der Waals surface area contributed by atoms with Crippen LogP contribution in [-0.2, 0) is 16.6 Å². The molecule has 0 fully saturated rings. The van der Waals surface area contributed by atoms with E-state index in [0.29, 0.717) is 10.2 Å². The quantitative estimate of drug-likeness (QED) is 0.881. The van der Waals surface area contributed by atoms with Crippen LogP contribution in [0.25, 0.3) is 0 Å². The van der Waals surface area contributed by atoms with Crippen LogP contribution in [0.4, 0.5) is 5.69 Å². The summed E-state index contributed by atoms with van der Waals surface area (Å²) in [5.41, 5.74) is 7.52. The summed E-state index contributed by atoms with van der Waals surface area (Å²) in [5.74, 6) is 0. The molecule has 1 aromatic heterocycles. The Labute approximate surface area is 126 Å². The number of nitrogens with zero attached hydrogens (tertiary/aromatic N) is 1. The van der Waals surface area contributed by atoms with Crippen LogP contribution in [0, 0.1) is 6.92 Å². The molecule has 0 aliphatic rings. The van der Waals surface area contributed by atoms with E-state index in [9.17, 15) is 8.42 Å². The number of aryl methyl sites for hydroxylation is 1. The summed E-state index contributed by atoms with van der Waals surface area (Å²) in [6.07, 6.45) is 1.48. The minimum Gasteiger partial charge on any atom is -0.326 e. The lowest BCUT2D eigenvalue weighted by Crippen LogP contribution is -2.14. The molecule has 1 aromatic carbocycles. The Morgan fingerprint density at radius 1 is 1.30 bits per heavy atom. The van der Waals surface area contributed by atoms with Crippen LogP contribution in [0.2, 0.25) is 0 Å². The van der Waals surface area contributed by atoms with Gasteiger partial charge in [0.15, 0.2) is 0 Å². The van der Waals surface area contributed by atoms with Crippen molar-refractivity contribution in [3.63, 3.8) is 0 Å². The van der Waals surface area contributed by atoms with Crippen molar-refractivity contribution in [1.82, 2.24) is 4.98 Å². The van der Waals surface area contributed by atoms with Gasteiger partial charge in [-0.05, 0) is 52.7 Å². The van der Waals surface area contributed by atoms with Crippen LogP contribution >= 0.6 is 15.9 Å². The van der Waals surface area contributed by atoms with Crippen molar-refractivity contribution in [3.05, 3.63) is 52.3 Å². The Morgan fingerprint density at radius 3 is 2.65 bits per heavy atom. The van der Waals surface area contributed by atoms with Crippen LogP contribution in [0.1, 0.15) is 11.3 Å². The summed E-state index contributed by atoms with van der Waals surface area (Å²) in [5, 5.41) is 0. The number of nitrogens with one attached hydrogen (secondary N) is 1. The molecule has 2 aromatic rings. The molecule has 0 aliphatic heterocycles. The number of nitrogens with two attached hydrogens (primary N) is 1. The molecular weight excluding hydrogens is 342 g/mol. The third-order valence-corrected chi connectivity index (χ3v) is 5.06. The average Bonchev–Trinajstić information content (AvgIpc) is 2.41. The van der Waals surface area contributed by atoms with E-state index in [1.54, 1.807) is 30.3 Å². The third kappa shape index (κ3) is 3.36. The number of anilines is 1. The number of sulfonamides is 1. The maximum absolute atomic E-state index is 12.4. The number of aromatic nitrogens is 1. The zero-order valence-corrected chi connectivity index (χ0v) is 13.2. The zero-order valence-electron chi connectivity index (χ0n) is 10.8. The van der Waals surface area contributed by atoms with Gasteiger partial charge < -0.3 is 5.73 Å². The first-order valence-corrected chi connectivity index (χ1v) is 8.14. The largest absolute Gasteiger partial charge is 0.326 e. The molecule has 0 bridgehead atoms. The van der Waals surface area contributed by atoms with Crippen LogP contribution in [0.15, 0.2) is 45.9 Å². The fourth-order valence-corrected chi connectivity index (χ4v) is 3.68. The van der Waals surface area contributed by atoms with Gasteiger partial charge in [0.25, 0.3) is 10.0 Å². The molecule has 0 saturated heterocycles. The van der Waals surface area contributed by atoms with Crippen LogP contribution in [0.3, 0.4) is 0 Å². The lowest BCUT2D eigenvalue weighted by atomic mass is 10.2. The molecule has 20 heavy (non-hydrogen) atoms. The van der Waals surface area contributed by atoms with E-state index < -0.39 is 10.0 Å². The van der Waals surface area contributed by atoms with Gasteiger partial charge in [-0.15, -0.1) is 0 Å². The van der Waals surface area contributed by atoms with E-state index in [4.69, 9.17) is 5.73 Å². The molecule has 106 valence electrons. The van der Waals surface area contributed by atoms with Crippen LogP contribution < -0.4 is 10.5 Å². The minimum atomic E-state index is -3.68. The molecule has 0 amide bonds. The molecule has 0 saturated carbocycles. The van der Waals surface area contributed by atoms with Crippen molar-refractivity contribution in [2.45, 2.75) is 18.4 Å². The highest BCUT2D eigenvalue weighted by molar-refractivity contribution is 9.10. The number of hydrogen-bond acceptors (Lipinski definition) is 4. The van der Waals surface area contributed by atoms with Crippen molar-refractivity contribution in [3.8, 4) is 0 Å². The standard InChI is InChI=1S/C13H14BrN3O2S/c1-9-2-4-11(8-16-9)17-20(18,19)13-6-10(7-15)3-5-12(13)14/h2-6,8,17H,7,15H2,1H3. The minimum absolute atomic E-state index is 0.154. The highest BCUT2D eigenvalue weighted by atomic mass is 79.9. The zero-order chi connectivity index (χ0) is 14.8. The normalized spacial score (nSPS) is 11.3. The summed E-state index contributed by atoms with van der Waals surface area (Å²) < 4.78 is 27.7. The predicted octanol–water partition coefficient (Wildman–Crippen LogP) is 2.41. The van der Waals surface area contributed by atoms with Gasteiger partial charge in [0.05, 0.1) is 11.9 Å². The Balaban J connectivity index is 2.37. The van der Waals surface area contributed by atoms with Crippen molar-refractivity contribution in [2.75, 3.05) is 4.72 Å². The van der Waals surface area contributed by atoms with E-state index in [2.05, 4.69) is 25.6 Å². The lowest BCUT2D eigenvalue weighted by Gasteiger charge is -2.10. The SMILES string of the molecule is Cc1ccc(NS(=O)(=O)c2cc(CN)ccc2Br)cn1. The van der Waals surface area contributed by atoms with Crippen LogP contribution in [0.5, 0.6) is 0 Å². The third-order valence-electron chi connectivity index (χ3n) is 2.68. The van der Waals surface area contributed by atoms with Gasteiger partial charge in [-0.2, -0.15) is 0 Å². The van der Waals surface area contributed by atoms with E-state index >= 15 is 0 Å². The highest BCUT2D eigenvalue weighted by Gasteiger charge is 2.18. The molecule has 0 radical (unpaired) electrons. The number of pyridine rings is 1. The molecule has 7 heteroatoms. The second kappa shape index (κ2) is 5.90. The first-order chi connectivity index (χ1) is 9.42. The first-order valence-electron chi connectivity index (χ1n) is 5.86. The summed E-state index contributed by atoms with van der Waals surface area (Å²) in [6, 6.07) is 8.40. The van der Waals surface area contributed by atoms with E-state index in [0.717, 1.165) is 11.3 Å². The molecule has 0 aliphatic carbocycles. The fraction of sp³-hybridized carbons (Fsp3) is 0.154. The highest BCUT2D eigenvalue weighted by Crippen LogP contribution is 2.25. The number of halogens is 1. The van der Waals surface area contributed by atoms with Crippen molar-refractivity contribution in [2.24, 2.45) is 5.73 Å². The molecule has 2 rings (SSSR count). The van der Waals surface area contributed by atoms with Crippen molar-refractivity contribution < 1.29 is 8.42 Å². The van der Waals surface area contributed by atoms with Crippen LogP contribution in [-0.4, -0.2) is 13.4 Å². The molecule has 5 nitrogen and oxygen atoms in total. The molecular formula is C13H14BrN3O2S. The fourth-order valence-electron chi connectivity index (χ4n) is 1.62. The van der Waals surface area contributed by atoms with Gasteiger partial charge in [0.1, 0.15) is 4.90 Å². The van der Waals surface area contributed by atoms with Gasteiger partial charge in [0, 0.05) is 16.7 Å². The Hall–Kier alpha value is -1.44. The summed E-state index contributed by atoms with van der Waals surface area (Å²) in [6.45, 7) is 2.11. The summed E-state index contributed by atoms with van der Waals surface area (Å²) in [4.78, 5) is 4.21. The summed E-state index contributed by atoms with van der Waals surface area (Å²) >= 11 is 3.24. The molecule has 0 unspecified atom stereocenters. The number of benzene rings is 1. The number of rotatable bonds is 4. The lowest BCUT2D eigenvalue weighted by molar-refractivity contribution is 0.600. The van der Waals surface area contributed by atoms with Gasteiger partial charge in [-0.1, -0.05) is 6.07 Å². The molecule has 1 heterocycles. The van der Waals surface area contributed by atoms with Gasteiger partial charge in [-0.3, -0.25) is 9.71 Å². The topological polar surface area (TPSA) is 85.1 Å².